The Morgan fingerprint density at radius 2 is 2.23 bits per heavy atom. The highest BCUT2D eigenvalue weighted by Gasteiger charge is 2.20. The van der Waals surface area contributed by atoms with Crippen LogP contribution in [0.2, 0.25) is 5.02 Å². The Hall–Kier alpha value is -0.730. The van der Waals surface area contributed by atoms with Crippen LogP contribution in [0.3, 0.4) is 0 Å². The molecule has 1 aliphatic carbocycles. The van der Waals surface area contributed by atoms with Gasteiger partial charge >= 0.3 is 0 Å². The van der Waals surface area contributed by atoms with Crippen molar-refractivity contribution in [2.75, 3.05) is 5.32 Å². The molecular weight excluding hydrogens is 184 g/mol. The van der Waals surface area contributed by atoms with Crippen LogP contribution in [0.15, 0.2) is 18.2 Å². The second-order valence-corrected chi connectivity index (χ2v) is 3.84. The van der Waals surface area contributed by atoms with E-state index in [-0.39, 0.29) is 0 Å². The van der Waals surface area contributed by atoms with Gasteiger partial charge in [0.2, 0.25) is 0 Å². The van der Waals surface area contributed by atoms with E-state index in [1.165, 1.54) is 12.8 Å². The van der Waals surface area contributed by atoms with E-state index in [2.05, 4.69) is 5.32 Å². The molecule has 1 fully saturated rings. The maximum absolute atomic E-state index is 6.01. The summed E-state index contributed by atoms with van der Waals surface area (Å²) >= 11 is 6.01. The molecule has 0 spiro atoms. The first-order valence-electron chi connectivity index (χ1n) is 4.54. The van der Waals surface area contributed by atoms with Crippen LogP contribution in [-0.2, 0) is 6.54 Å². The SMILES string of the molecule is NCc1ccc(NC2CC2)cc1Cl. The molecule has 2 nitrogen and oxygen atoms in total. The maximum Gasteiger partial charge on any atom is 0.0471 e. The van der Waals surface area contributed by atoms with Gasteiger partial charge in [0.1, 0.15) is 0 Å². The quantitative estimate of drug-likeness (QED) is 0.779. The summed E-state index contributed by atoms with van der Waals surface area (Å²) in [5.74, 6) is 0. The zero-order chi connectivity index (χ0) is 9.26. The molecule has 0 aromatic heterocycles. The van der Waals surface area contributed by atoms with Crippen LogP contribution in [0, 0.1) is 0 Å². The van der Waals surface area contributed by atoms with Crippen LogP contribution >= 0.6 is 11.6 Å². The molecule has 2 rings (SSSR count). The van der Waals surface area contributed by atoms with Gasteiger partial charge in [0.05, 0.1) is 0 Å². The topological polar surface area (TPSA) is 38.0 Å². The normalized spacial score (nSPS) is 15.8. The third-order valence-electron chi connectivity index (χ3n) is 2.22. The predicted octanol–water partition coefficient (Wildman–Crippen LogP) is 2.37. The van der Waals surface area contributed by atoms with Gasteiger partial charge in [-0.25, -0.2) is 0 Å². The minimum absolute atomic E-state index is 0.503. The van der Waals surface area contributed by atoms with Crippen molar-refractivity contribution >= 4 is 17.3 Å². The van der Waals surface area contributed by atoms with Gasteiger partial charge in [-0.15, -0.1) is 0 Å². The van der Waals surface area contributed by atoms with Crippen LogP contribution in [0.4, 0.5) is 5.69 Å². The Labute approximate surface area is 83.1 Å². The number of anilines is 1. The summed E-state index contributed by atoms with van der Waals surface area (Å²) < 4.78 is 0. The molecule has 3 N–H and O–H groups in total. The lowest BCUT2D eigenvalue weighted by Gasteiger charge is -2.06. The predicted molar refractivity (Wildman–Crippen MR) is 56.0 cm³/mol. The lowest BCUT2D eigenvalue weighted by molar-refractivity contribution is 1.07. The summed E-state index contributed by atoms with van der Waals surface area (Å²) in [6.07, 6.45) is 2.55. The van der Waals surface area contributed by atoms with E-state index in [4.69, 9.17) is 17.3 Å². The molecule has 0 radical (unpaired) electrons. The molecule has 0 heterocycles. The van der Waals surface area contributed by atoms with Gasteiger partial charge in [0, 0.05) is 23.3 Å². The summed E-state index contributed by atoms with van der Waals surface area (Å²) in [7, 11) is 0. The molecular formula is C10H13ClN2. The monoisotopic (exact) mass is 196 g/mol. The fraction of sp³-hybridized carbons (Fsp3) is 0.400. The molecule has 1 saturated carbocycles. The van der Waals surface area contributed by atoms with Crippen LogP contribution in [0.1, 0.15) is 18.4 Å². The molecule has 0 bridgehead atoms. The zero-order valence-corrected chi connectivity index (χ0v) is 8.14. The Bertz CT molecular complexity index is 308. The van der Waals surface area contributed by atoms with Gasteiger partial charge in [0.25, 0.3) is 0 Å². The number of hydrogen-bond donors (Lipinski definition) is 2. The van der Waals surface area contributed by atoms with Gasteiger partial charge in [-0.2, -0.15) is 0 Å². The van der Waals surface area contributed by atoms with E-state index < -0.39 is 0 Å². The second kappa shape index (κ2) is 3.56. The standard InChI is InChI=1S/C10H13ClN2/c11-10-5-9(13-8-3-4-8)2-1-7(10)6-12/h1-2,5,8,13H,3-4,6,12H2. The summed E-state index contributed by atoms with van der Waals surface area (Å²) in [6.45, 7) is 0.503. The average molecular weight is 197 g/mol. The van der Waals surface area contributed by atoms with Crippen molar-refractivity contribution in [2.24, 2.45) is 5.73 Å². The largest absolute Gasteiger partial charge is 0.382 e. The number of benzene rings is 1. The van der Waals surface area contributed by atoms with Crippen molar-refractivity contribution in [2.45, 2.75) is 25.4 Å². The van der Waals surface area contributed by atoms with Crippen molar-refractivity contribution < 1.29 is 0 Å². The van der Waals surface area contributed by atoms with Crippen molar-refractivity contribution in [3.05, 3.63) is 28.8 Å². The van der Waals surface area contributed by atoms with E-state index in [1.807, 2.05) is 18.2 Å². The summed E-state index contributed by atoms with van der Waals surface area (Å²) in [5.41, 5.74) is 7.61. The number of nitrogens with one attached hydrogen (secondary N) is 1. The van der Waals surface area contributed by atoms with Gasteiger partial charge in [-0.3, -0.25) is 0 Å². The molecule has 1 aromatic rings. The lowest BCUT2D eigenvalue weighted by atomic mass is 10.2. The Kier molecular flexibility index (Phi) is 2.42. The number of hydrogen-bond acceptors (Lipinski definition) is 2. The number of halogens is 1. The van der Waals surface area contributed by atoms with Gasteiger partial charge in [-0.05, 0) is 30.5 Å². The Balaban J connectivity index is 2.13. The molecule has 0 atom stereocenters. The fourth-order valence-corrected chi connectivity index (χ4v) is 1.52. The zero-order valence-electron chi connectivity index (χ0n) is 7.39. The highest BCUT2D eigenvalue weighted by molar-refractivity contribution is 6.31. The molecule has 0 saturated heterocycles. The van der Waals surface area contributed by atoms with Crippen molar-refractivity contribution in [3.63, 3.8) is 0 Å². The minimum atomic E-state index is 0.503. The molecule has 0 amide bonds. The van der Waals surface area contributed by atoms with Crippen molar-refractivity contribution in [3.8, 4) is 0 Å². The third kappa shape index (κ3) is 2.14. The minimum Gasteiger partial charge on any atom is -0.382 e. The van der Waals surface area contributed by atoms with E-state index >= 15 is 0 Å². The van der Waals surface area contributed by atoms with Crippen LogP contribution in [-0.4, -0.2) is 6.04 Å². The first-order valence-corrected chi connectivity index (χ1v) is 4.92. The third-order valence-corrected chi connectivity index (χ3v) is 2.57. The summed E-state index contributed by atoms with van der Waals surface area (Å²) in [4.78, 5) is 0. The lowest BCUT2D eigenvalue weighted by Crippen LogP contribution is -2.02. The average Bonchev–Trinajstić information content (AvgIpc) is 2.89. The van der Waals surface area contributed by atoms with Crippen LogP contribution in [0.25, 0.3) is 0 Å². The van der Waals surface area contributed by atoms with E-state index in [9.17, 15) is 0 Å². The molecule has 0 unspecified atom stereocenters. The highest BCUT2D eigenvalue weighted by Crippen LogP contribution is 2.27. The first-order chi connectivity index (χ1) is 6.29. The number of rotatable bonds is 3. The number of nitrogens with two attached hydrogens (primary N) is 1. The summed E-state index contributed by atoms with van der Waals surface area (Å²) in [6, 6.07) is 6.63. The van der Waals surface area contributed by atoms with Gasteiger partial charge < -0.3 is 11.1 Å². The Morgan fingerprint density at radius 1 is 1.46 bits per heavy atom. The van der Waals surface area contributed by atoms with Crippen molar-refractivity contribution in [1.29, 1.82) is 0 Å². The molecule has 0 aliphatic heterocycles. The fourth-order valence-electron chi connectivity index (χ4n) is 1.27. The van der Waals surface area contributed by atoms with E-state index in [0.717, 1.165) is 16.3 Å². The second-order valence-electron chi connectivity index (χ2n) is 3.43. The molecule has 70 valence electrons. The molecule has 1 aliphatic rings. The van der Waals surface area contributed by atoms with Crippen LogP contribution < -0.4 is 11.1 Å². The molecule has 3 heteroatoms. The van der Waals surface area contributed by atoms with Gasteiger partial charge in [-0.1, -0.05) is 17.7 Å². The first kappa shape index (κ1) is 8.85. The molecule has 1 aromatic carbocycles. The summed E-state index contributed by atoms with van der Waals surface area (Å²) in [5, 5.41) is 4.14. The van der Waals surface area contributed by atoms with E-state index in [1.54, 1.807) is 0 Å². The smallest absolute Gasteiger partial charge is 0.0471 e. The van der Waals surface area contributed by atoms with Crippen molar-refractivity contribution in [1.82, 2.24) is 0 Å². The Morgan fingerprint density at radius 3 is 2.77 bits per heavy atom. The highest BCUT2D eigenvalue weighted by atomic mass is 35.5. The van der Waals surface area contributed by atoms with Crippen LogP contribution in [0.5, 0.6) is 0 Å². The molecule has 13 heavy (non-hydrogen) atoms. The van der Waals surface area contributed by atoms with E-state index in [0.29, 0.717) is 12.6 Å². The van der Waals surface area contributed by atoms with Gasteiger partial charge in [0.15, 0.2) is 0 Å². The maximum atomic E-state index is 6.01.